The highest BCUT2D eigenvalue weighted by Gasteiger charge is 2.29. The van der Waals surface area contributed by atoms with Crippen LogP contribution in [0.5, 0.6) is 0 Å². The fourth-order valence-electron chi connectivity index (χ4n) is 2.98. The molecule has 3 rings (SSSR count). The summed E-state index contributed by atoms with van der Waals surface area (Å²) in [4.78, 5) is 6.37. The van der Waals surface area contributed by atoms with Crippen LogP contribution in [0.15, 0.2) is 52.4 Å². The van der Waals surface area contributed by atoms with Gasteiger partial charge in [0.05, 0.1) is 35.5 Å². The first-order valence-electron chi connectivity index (χ1n) is 8.16. The number of hydrogen-bond donors (Lipinski definition) is 2. The number of nitrogens with zero attached hydrogens (tertiary/aromatic N) is 2. The van der Waals surface area contributed by atoms with Crippen molar-refractivity contribution >= 4 is 27.0 Å². The first-order valence-corrected chi connectivity index (χ1v) is 9.81. The van der Waals surface area contributed by atoms with Gasteiger partial charge in [0.15, 0.2) is 9.84 Å². The van der Waals surface area contributed by atoms with Crippen molar-refractivity contribution in [3.05, 3.63) is 53.8 Å². The molecule has 0 aromatic heterocycles. The van der Waals surface area contributed by atoms with Crippen molar-refractivity contribution < 1.29 is 17.9 Å². The fraction of sp³-hybridized carbons (Fsp3) is 0.278. The maximum absolute atomic E-state index is 13.7. The van der Waals surface area contributed by atoms with Crippen molar-refractivity contribution in [3.63, 3.8) is 0 Å². The number of fused-ring (bicyclic) bond motifs is 1. The van der Waals surface area contributed by atoms with Crippen molar-refractivity contribution in [1.82, 2.24) is 0 Å². The summed E-state index contributed by atoms with van der Waals surface area (Å²) in [5, 5.41) is 9.07. The molecular formula is C18H20FN3O3S. The number of aliphatic hydroxyl groups excluding tert-OH is 1. The van der Waals surface area contributed by atoms with E-state index in [2.05, 4.69) is 4.99 Å². The van der Waals surface area contributed by atoms with Gasteiger partial charge in [-0.3, -0.25) is 0 Å². The van der Waals surface area contributed by atoms with Gasteiger partial charge < -0.3 is 15.7 Å². The summed E-state index contributed by atoms with van der Waals surface area (Å²) in [5.74, 6) is -0.244. The second kappa shape index (κ2) is 7.14. The minimum atomic E-state index is -3.65. The van der Waals surface area contributed by atoms with Crippen molar-refractivity contribution in [1.29, 1.82) is 0 Å². The van der Waals surface area contributed by atoms with E-state index >= 15 is 0 Å². The van der Waals surface area contributed by atoms with Crippen LogP contribution in [-0.4, -0.2) is 37.8 Å². The topological polar surface area (TPSA) is 96.0 Å². The van der Waals surface area contributed by atoms with Gasteiger partial charge in [-0.25, -0.2) is 17.8 Å². The van der Waals surface area contributed by atoms with Crippen molar-refractivity contribution in [2.24, 2.45) is 10.7 Å². The molecule has 0 radical (unpaired) electrons. The molecule has 1 aliphatic rings. The van der Waals surface area contributed by atoms with Crippen LogP contribution in [0.25, 0.3) is 0 Å². The van der Waals surface area contributed by atoms with E-state index in [1.165, 1.54) is 18.2 Å². The monoisotopic (exact) mass is 377 g/mol. The molecule has 0 fully saturated rings. The molecule has 138 valence electrons. The van der Waals surface area contributed by atoms with Crippen molar-refractivity contribution in [2.75, 3.05) is 17.3 Å². The highest BCUT2D eigenvalue weighted by atomic mass is 32.2. The SMILES string of the molecule is C[C@H](N)C1=Nc2cccc(S(=O)(=O)CCO)c2CN1c1cccc(F)c1. The number of aliphatic hydroxyl groups is 1. The van der Waals surface area contributed by atoms with Gasteiger partial charge in [-0.05, 0) is 37.3 Å². The van der Waals surface area contributed by atoms with Gasteiger partial charge in [-0.15, -0.1) is 0 Å². The van der Waals surface area contributed by atoms with Crippen LogP contribution in [0.3, 0.4) is 0 Å². The lowest BCUT2D eigenvalue weighted by Gasteiger charge is -2.33. The Kier molecular flexibility index (Phi) is 5.08. The minimum Gasteiger partial charge on any atom is -0.395 e. The molecule has 0 unspecified atom stereocenters. The number of nitrogens with two attached hydrogens (primary N) is 1. The van der Waals surface area contributed by atoms with Gasteiger partial charge >= 0.3 is 0 Å². The molecule has 2 aromatic carbocycles. The van der Waals surface area contributed by atoms with Crippen LogP contribution in [0.4, 0.5) is 15.8 Å². The summed E-state index contributed by atoms with van der Waals surface area (Å²) in [6, 6.07) is 10.4. The lowest BCUT2D eigenvalue weighted by atomic mass is 10.1. The molecule has 1 heterocycles. The van der Waals surface area contributed by atoms with Crippen LogP contribution >= 0.6 is 0 Å². The Labute approximate surface area is 151 Å². The molecule has 0 bridgehead atoms. The summed E-state index contributed by atoms with van der Waals surface area (Å²) in [5.41, 5.74) is 7.61. The molecule has 0 aliphatic carbocycles. The summed E-state index contributed by atoms with van der Waals surface area (Å²) < 4.78 is 38.7. The van der Waals surface area contributed by atoms with Crippen LogP contribution < -0.4 is 10.6 Å². The number of hydrogen-bond acceptors (Lipinski definition) is 6. The van der Waals surface area contributed by atoms with Gasteiger partial charge in [-0.1, -0.05) is 12.1 Å². The third kappa shape index (κ3) is 3.48. The fourth-order valence-corrected chi connectivity index (χ4v) is 4.27. The van der Waals surface area contributed by atoms with Crippen LogP contribution in [0.2, 0.25) is 0 Å². The first kappa shape index (κ1) is 18.5. The summed E-state index contributed by atoms with van der Waals surface area (Å²) in [6.07, 6.45) is 0. The number of sulfone groups is 1. The highest BCUT2D eigenvalue weighted by molar-refractivity contribution is 7.91. The van der Waals surface area contributed by atoms with Gasteiger partial charge in [0.1, 0.15) is 11.7 Å². The zero-order valence-electron chi connectivity index (χ0n) is 14.3. The van der Waals surface area contributed by atoms with Crippen molar-refractivity contribution in [2.45, 2.75) is 24.4 Å². The van der Waals surface area contributed by atoms with E-state index in [9.17, 15) is 12.8 Å². The predicted molar refractivity (Wildman–Crippen MR) is 98.9 cm³/mol. The summed E-state index contributed by atoms with van der Waals surface area (Å²) >= 11 is 0. The first-order chi connectivity index (χ1) is 12.3. The highest BCUT2D eigenvalue weighted by Crippen LogP contribution is 2.34. The summed E-state index contributed by atoms with van der Waals surface area (Å²) in [6.45, 7) is 1.50. The number of benzene rings is 2. The Balaban J connectivity index is 2.16. The molecule has 8 heteroatoms. The summed E-state index contributed by atoms with van der Waals surface area (Å²) in [7, 11) is -3.65. The molecule has 0 amide bonds. The van der Waals surface area contributed by atoms with E-state index in [1.807, 2.05) is 0 Å². The van der Waals surface area contributed by atoms with Gasteiger partial charge in [-0.2, -0.15) is 0 Å². The second-order valence-corrected chi connectivity index (χ2v) is 8.20. The normalized spacial score (nSPS) is 15.4. The molecule has 0 saturated heterocycles. The molecule has 0 spiro atoms. The average Bonchev–Trinajstić information content (AvgIpc) is 2.59. The molecule has 3 N–H and O–H groups in total. The molecule has 6 nitrogen and oxygen atoms in total. The molecule has 2 aromatic rings. The zero-order chi connectivity index (χ0) is 18.9. The van der Waals surface area contributed by atoms with E-state index < -0.39 is 28.3 Å². The molecular weight excluding hydrogens is 357 g/mol. The van der Waals surface area contributed by atoms with Crippen LogP contribution in [0, 0.1) is 5.82 Å². The Morgan fingerprint density at radius 1 is 1.31 bits per heavy atom. The lowest BCUT2D eigenvalue weighted by Crippen LogP contribution is -2.43. The van der Waals surface area contributed by atoms with E-state index in [1.54, 1.807) is 36.1 Å². The van der Waals surface area contributed by atoms with Crippen LogP contribution in [0.1, 0.15) is 12.5 Å². The van der Waals surface area contributed by atoms with Crippen molar-refractivity contribution in [3.8, 4) is 0 Å². The van der Waals surface area contributed by atoms with E-state index in [0.29, 0.717) is 22.8 Å². The number of amidine groups is 1. The maximum atomic E-state index is 13.7. The number of halogens is 1. The molecule has 1 aliphatic heterocycles. The molecule has 26 heavy (non-hydrogen) atoms. The lowest BCUT2D eigenvalue weighted by molar-refractivity contribution is 0.319. The molecule has 1 atom stereocenters. The number of rotatable bonds is 5. The van der Waals surface area contributed by atoms with Gasteiger partial charge in [0.25, 0.3) is 0 Å². The quantitative estimate of drug-likeness (QED) is 0.831. The smallest absolute Gasteiger partial charge is 0.181 e. The largest absolute Gasteiger partial charge is 0.395 e. The zero-order valence-corrected chi connectivity index (χ0v) is 15.1. The van der Waals surface area contributed by atoms with Crippen LogP contribution in [-0.2, 0) is 16.4 Å². The maximum Gasteiger partial charge on any atom is 0.181 e. The Bertz CT molecular complexity index is 958. The third-order valence-electron chi connectivity index (χ3n) is 4.16. The Hall–Kier alpha value is -2.29. The standard InChI is InChI=1S/C18H20FN3O3S/c1-12(20)18-21-16-6-3-7-17(26(24,25)9-8-23)15(16)11-22(18)14-5-2-4-13(19)10-14/h2-7,10,12,23H,8-9,11,20H2,1H3/t12-/m0/s1. The van der Waals surface area contributed by atoms with Gasteiger partial charge in [0, 0.05) is 11.3 Å². The Morgan fingerprint density at radius 2 is 2.04 bits per heavy atom. The minimum absolute atomic E-state index is 0.123. The number of aliphatic imine (C=N–C) groups is 1. The second-order valence-electron chi connectivity index (χ2n) is 6.12. The number of anilines is 1. The van der Waals surface area contributed by atoms with E-state index in [-0.39, 0.29) is 17.2 Å². The third-order valence-corrected chi connectivity index (χ3v) is 5.93. The van der Waals surface area contributed by atoms with Gasteiger partial charge in [0.2, 0.25) is 0 Å². The van der Waals surface area contributed by atoms with E-state index in [0.717, 1.165) is 0 Å². The van der Waals surface area contributed by atoms with E-state index in [4.69, 9.17) is 10.8 Å². The molecule has 0 saturated carbocycles. The Morgan fingerprint density at radius 3 is 2.69 bits per heavy atom. The predicted octanol–water partition coefficient (Wildman–Crippen LogP) is 1.99. The average molecular weight is 377 g/mol.